The number of urea groups is 1. The topological polar surface area (TPSA) is 118 Å². The number of carbonyl (C=O) groups is 2. The Labute approximate surface area is 216 Å². The number of nitrogens with zero attached hydrogens (tertiary/aromatic N) is 2. The number of aromatic nitrogens is 3. The van der Waals surface area contributed by atoms with Crippen molar-refractivity contribution in [3.63, 3.8) is 0 Å². The highest BCUT2D eigenvalue weighted by atomic mass is 19.1. The number of hydrogen-bond donors (Lipinski definition) is 3. The van der Waals surface area contributed by atoms with Crippen LogP contribution in [0.2, 0.25) is 0 Å². The molecule has 4 rings (SSSR count). The van der Waals surface area contributed by atoms with Crippen molar-refractivity contribution in [3.05, 3.63) is 92.1 Å². The second-order valence-electron chi connectivity index (χ2n) is 8.76. The molecule has 0 radical (unpaired) electrons. The van der Waals surface area contributed by atoms with Crippen LogP contribution in [0.4, 0.5) is 13.6 Å². The molecule has 0 saturated heterocycles. The summed E-state index contributed by atoms with van der Waals surface area (Å²) in [5, 5.41) is 4.37. The lowest BCUT2D eigenvalue weighted by Crippen LogP contribution is -2.39. The highest BCUT2D eigenvalue weighted by molar-refractivity contribution is 6.04. The molecule has 198 valence electrons. The summed E-state index contributed by atoms with van der Waals surface area (Å²) in [7, 11) is 0. The van der Waals surface area contributed by atoms with E-state index in [1.54, 1.807) is 34.9 Å². The summed E-state index contributed by atoms with van der Waals surface area (Å²) in [5.74, 6) is -3.33. The Morgan fingerprint density at radius 1 is 0.921 bits per heavy atom. The quantitative estimate of drug-likeness (QED) is 0.325. The minimum absolute atomic E-state index is 0.0453. The Morgan fingerprint density at radius 3 is 2.18 bits per heavy atom. The standard InChI is InChI=1S/C27H27F2N5O4/c1-3-12-33-21-14-20(31-23(21)25(36)34(13-4-2)27(33)38)17-10-8-16(9-11-17)15-30-26(37)32-24(35)22-18(28)6-5-7-19(22)29/h5-11,14,31H,3-4,12-13,15H2,1-2H3,(H2,30,32,35,37). The smallest absolute Gasteiger partial charge is 0.331 e. The van der Waals surface area contributed by atoms with Crippen LogP contribution >= 0.6 is 0 Å². The number of aromatic amines is 1. The number of rotatable bonds is 8. The molecule has 38 heavy (non-hydrogen) atoms. The monoisotopic (exact) mass is 523 g/mol. The van der Waals surface area contributed by atoms with Crippen molar-refractivity contribution in [3.8, 4) is 11.3 Å². The number of H-pyrrole nitrogens is 1. The van der Waals surface area contributed by atoms with Crippen LogP contribution in [-0.2, 0) is 19.6 Å². The Morgan fingerprint density at radius 2 is 1.55 bits per heavy atom. The molecule has 0 saturated carbocycles. The van der Waals surface area contributed by atoms with Gasteiger partial charge in [-0.05, 0) is 42.2 Å². The van der Waals surface area contributed by atoms with Gasteiger partial charge in [-0.15, -0.1) is 0 Å². The maximum absolute atomic E-state index is 13.7. The summed E-state index contributed by atoms with van der Waals surface area (Å²) < 4.78 is 30.3. The predicted molar refractivity (Wildman–Crippen MR) is 139 cm³/mol. The summed E-state index contributed by atoms with van der Waals surface area (Å²) in [6, 6.07) is 10.9. The summed E-state index contributed by atoms with van der Waals surface area (Å²) in [6.07, 6.45) is 1.39. The molecule has 9 nitrogen and oxygen atoms in total. The fourth-order valence-corrected chi connectivity index (χ4v) is 4.22. The third-order valence-corrected chi connectivity index (χ3v) is 6.04. The zero-order chi connectivity index (χ0) is 27.4. The molecule has 0 spiro atoms. The van der Waals surface area contributed by atoms with E-state index in [1.807, 2.05) is 19.2 Å². The van der Waals surface area contributed by atoms with Crippen molar-refractivity contribution in [1.82, 2.24) is 24.8 Å². The van der Waals surface area contributed by atoms with Gasteiger partial charge in [0.2, 0.25) is 0 Å². The van der Waals surface area contributed by atoms with Crippen LogP contribution in [0.25, 0.3) is 22.3 Å². The van der Waals surface area contributed by atoms with Crippen molar-refractivity contribution in [2.75, 3.05) is 0 Å². The SMILES string of the molecule is CCCn1c(=O)c2[nH]c(-c3ccc(CNC(=O)NC(=O)c4c(F)cccc4F)cc3)cc2n(CCC)c1=O. The van der Waals surface area contributed by atoms with Gasteiger partial charge in [0, 0.05) is 25.3 Å². The molecule has 0 aliphatic carbocycles. The van der Waals surface area contributed by atoms with Gasteiger partial charge >= 0.3 is 11.7 Å². The Balaban J connectivity index is 1.49. The molecule has 0 fully saturated rings. The predicted octanol–water partition coefficient (Wildman–Crippen LogP) is 3.90. The molecule has 0 bridgehead atoms. The number of carbonyl (C=O) groups excluding carboxylic acids is 2. The van der Waals surface area contributed by atoms with Crippen molar-refractivity contribution < 1.29 is 18.4 Å². The van der Waals surface area contributed by atoms with Gasteiger partial charge in [-0.2, -0.15) is 0 Å². The molecular weight excluding hydrogens is 496 g/mol. The molecule has 0 atom stereocenters. The minimum Gasteiger partial charge on any atom is -0.349 e. The summed E-state index contributed by atoms with van der Waals surface area (Å²) in [4.78, 5) is 53.1. The maximum atomic E-state index is 13.7. The lowest BCUT2D eigenvalue weighted by atomic mass is 10.1. The van der Waals surface area contributed by atoms with E-state index in [1.165, 1.54) is 4.57 Å². The lowest BCUT2D eigenvalue weighted by Gasteiger charge is -2.10. The number of imide groups is 1. The third kappa shape index (κ3) is 5.26. The normalized spacial score (nSPS) is 11.1. The van der Waals surface area contributed by atoms with Crippen LogP contribution in [0.5, 0.6) is 0 Å². The van der Waals surface area contributed by atoms with E-state index in [2.05, 4.69) is 10.3 Å². The van der Waals surface area contributed by atoms with Gasteiger partial charge in [-0.3, -0.25) is 24.0 Å². The number of aryl methyl sites for hydroxylation is 1. The fraction of sp³-hybridized carbons (Fsp3) is 0.259. The van der Waals surface area contributed by atoms with Crippen LogP contribution in [0.1, 0.15) is 42.6 Å². The zero-order valence-electron chi connectivity index (χ0n) is 20.9. The van der Waals surface area contributed by atoms with Gasteiger partial charge in [0.1, 0.15) is 22.7 Å². The number of amides is 3. The van der Waals surface area contributed by atoms with Gasteiger partial charge in [0.15, 0.2) is 0 Å². The average molecular weight is 524 g/mol. The molecule has 0 aliphatic rings. The molecule has 0 unspecified atom stereocenters. The van der Waals surface area contributed by atoms with Crippen molar-refractivity contribution in [1.29, 1.82) is 0 Å². The largest absolute Gasteiger partial charge is 0.349 e. The van der Waals surface area contributed by atoms with E-state index in [-0.39, 0.29) is 17.8 Å². The molecule has 2 heterocycles. The highest BCUT2D eigenvalue weighted by Gasteiger charge is 2.19. The first kappa shape index (κ1) is 26.5. The highest BCUT2D eigenvalue weighted by Crippen LogP contribution is 2.23. The Kier molecular flexibility index (Phi) is 7.85. The number of hydrogen-bond acceptors (Lipinski definition) is 4. The first-order valence-corrected chi connectivity index (χ1v) is 12.2. The molecular formula is C27H27F2N5O4. The fourth-order valence-electron chi connectivity index (χ4n) is 4.22. The molecule has 3 N–H and O–H groups in total. The van der Waals surface area contributed by atoms with Gasteiger partial charge in [0.05, 0.1) is 5.52 Å². The van der Waals surface area contributed by atoms with Crippen LogP contribution in [0, 0.1) is 11.6 Å². The molecule has 4 aromatic rings. The van der Waals surface area contributed by atoms with E-state index in [9.17, 15) is 28.0 Å². The van der Waals surface area contributed by atoms with E-state index in [4.69, 9.17) is 0 Å². The molecule has 2 aromatic heterocycles. The molecule has 2 aromatic carbocycles. The minimum atomic E-state index is -1.19. The second-order valence-corrected chi connectivity index (χ2v) is 8.76. The second kappa shape index (κ2) is 11.2. The first-order chi connectivity index (χ1) is 18.2. The summed E-state index contributed by atoms with van der Waals surface area (Å²) in [6.45, 7) is 4.73. The molecule has 3 amide bonds. The molecule has 0 aliphatic heterocycles. The van der Waals surface area contributed by atoms with Crippen LogP contribution in [0.15, 0.2) is 58.1 Å². The average Bonchev–Trinajstić information content (AvgIpc) is 3.34. The zero-order valence-corrected chi connectivity index (χ0v) is 20.9. The number of fused-ring (bicyclic) bond motifs is 1. The van der Waals surface area contributed by atoms with Gasteiger partial charge in [-0.25, -0.2) is 18.4 Å². The van der Waals surface area contributed by atoms with Crippen molar-refractivity contribution in [2.45, 2.75) is 46.3 Å². The number of nitrogens with one attached hydrogen (secondary N) is 3. The van der Waals surface area contributed by atoms with Gasteiger partial charge < -0.3 is 10.3 Å². The number of halogens is 2. The van der Waals surface area contributed by atoms with Crippen LogP contribution in [0.3, 0.4) is 0 Å². The van der Waals surface area contributed by atoms with E-state index in [0.717, 1.165) is 30.2 Å². The van der Waals surface area contributed by atoms with Gasteiger partial charge in [-0.1, -0.05) is 44.2 Å². The lowest BCUT2D eigenvalue weighted by molar-refractivity contribution is 0.0955. The van der Waals surface area contributed by atoms with Crippen LogP contribution < -0.4 is 21.9 Å². The summed E-state index contributed by atoms with van der Waals surface area (Å²) >= 11 is 0. The van der Waals surface area contributed by atoms with E-state index in [0.29, 0.717) is 41.8 Å². The van der Waals surface area contributed by atoms with Crippen molar-refractivity contribution >= 4 is 23.0 Å². The van der Waals surface area contributed by atoms with Crippen LogP contribution in [-0.4, -0.2) is 26.1 Å². The summed E-state index contributed by atoms with van der Waals surface area (Å²) in [5.41, 5.74) is 1.49. The third-order valence-electron chi connectivity index (χ3n) is 6.04. The number of benzene rings is 2. The maximum Gasteiger partial charge on any atom is 0.331 e. The van der Waals surface area contributed by atoms with Crippen molar-refractivity contribution in [2.24, 2.45) is 0 Å². The Hall–Kier alpha value is -4.54. The van der Waals surface area contributed by atoms with Gasteiger partial charge in [0.25, 0.3) is 11.5 Å². The van der Waals surface area contributed by atoms with E-state index < -0.39 is 29.1 Å². The Bertz CT molecular complexity index is 1600. The molecule has 11 heteroatoms. The van der Waals surface area contributed by atoms with E-state index >= 15 is 0 Å². The first-order valence-electron chi connectivity index (χ1n) is 12.2.